The second kappa shape index (κ2) is 5.94. The average Bonchev–Trinajstić information content (AvgIpc) is 2.89. The Morgan fingerprint density at radius 3 is 2.95 bits per heavy atom. The lowest BCUT2D eigenvalue weighted by atomic mass is 9.89. The summed E-state index contributed by atoms with van der Waals surface area (Å²) in [4.78, 5) is 29.6. The molecule has 1 saturated heterocycles. The average molecular weight is 287 g/mol. The number of hydrogen-bond acceptors (Lipinski definition) is 4. The Morgan fingerprint density at radius 1 is 1.57 bits per heavy atom. The van der Waals surface area contributed by atoms with E-state index in [9.17, 15) is 9.59 Å². The van der Waals surface area contributed by atoms with Crippen molar-refractivity contribution in [2.75, 3.05) is 19.7 Å². The largest absolute Gasteiger partial charge is 0.384 e. The maximum absolute atomic E-state index is 12.6. The number of rotatable bonds is 2. The molecule has 2 rings (SSSR count). The minimum atomic E-state index is -0.681. The van der Waals surface area contributed by atoms with Crippen LogP contribution in [0.3, 0.4) is 0 Å². The fraction of sp³-hybridized carbons (Fsp3) is 0.400. The predicted octanol–water partition coefficient (Wildman–Crippen LogP) is -0.237. The Labute approximate surface area is 123 Å². The van der Waals surface area contributed by atoms with Gasteiger partial charge in [-0.2, -0.15) is 0 Å². The third-order valence-electron chi connectivity index (χ3n) is 3.71. The van der Waals surface area contributed by atoms with Gasteiger partial charge in [0.15, 0.2) is 0 Å². The monoisotopic (exact) mass is 287 g/mol. The Morgan fingerprint density at radius 2 is 2.33 bits per heavy atom. The Hall–Kier alpha value is -2.39. The van der Waals surface area contributed by atoms with Crippen molar-refractivity contribution in [2.45, 2.75) is 13.3 Å². The first-order chi connectivity index (χ1) is 9.98. The summed E-state index contributed by atoms with van der Waals surface area (Å²) in [5, 5.41) is 8.76. The van der Waals surface area contributed by atoms with Gasteiger partial charge in [-0.15, -0.1) is 0 Å². The number of nitrogens with zero attached hydrogens (tertiary/aromatic N) is 2. The molecule has 1 aromatic heterocycles. The number of amides is 2. The van der Waals surface area contributed by atoms with Gasteiger partial charge < -0.3 is 15.7 Å². The molecule has 21 heavy (non-hydrogen) atoms. The standard InChI is InChI=1S/C15H17N3O3/c1-15(14(16)21)5-7-18(10-15)13(20)12-4-6-17-9-11(12)3-2-8-19/h4,6,9,19H,5,7-8,10H2,1H3,(H2,16,21). The topological polar surface area (TPSA) is 96.5 Å². The fourth-order valence-electron chi connectivity index (χ4n) is 2.32. The number of pyridine rings is 1. The quantitative estimate of drug-likeness (QED) is 0.734. The van der Waals surface area contributed by atoms with Crippen molar-refractivity contribution in [3.05, 3.63) is 29.6 Å². The molecule has 1 aromatic rings. The van der Waals surface area contributed by atoms with Crippen LogP contribution >= 0.6 is 0 Å². The lowest BCUT2D eigenvalue weighted by molar-refractivity contribution is -0.126. The number of carbonyl (C=O) groups is 2. The molecule has 0 radical (unpaired) electrons. The van der Waals surface area contributed by atoms with Crippen molar-refractivity contribution in [1.82, 2.24) is 9.88 Å². The SMILES string of the molecule is CC1(C(N)=O)CCN(C(=O)c2ccncc2C#CCO)C1. The highest BCUT2D eigenvalue weighted by Gasteiger charge is 2.41. The van der Waals surface area contributed by atoms with E-state index < -0.39 is 11.3 Å². The number of carbonyl (C=O) groups excluding carboxylic acids is 2. The Balaban J connectivity index is 2.24. The number of aliphatic hydroxyl groups excluding tert-OH is 1. The van der Waals surface area contributed by atoms with Crippen LogP contribution in [0.5, 0.6) is 0 Å². The van der Waals surface area contributed by atoms with Crippen molar-refractivity contribution >= 4 is 11.8 Å². The van der Waals surface area contributed by atoms with Gasteiger partial charge >= 0.3 is 0 Å². The molecule has 1 aliphatic heterocycles. The minimum absolute atomic E-state index is 0.204. The van der Waals surface area contributed by atoms with E-state index in [0.29, 0.717) is 30.6 Å². The van der Waals surface area contributed by atoms with Crippen molar-refractivity contribution in [3.8, 4) is 11.8 Å². The van der Waals surface area contributed by atoms with Crippen molar-refractivity contribution < 1.29 is 14.7 Å². The van der Waals surface area contributed by atoms with Gasteiger partial charge in [0, 0.05) is 25.5 Å². The Kier molecular flexibility index (Phi) is 4.24. The molecule has 1 fully saturated rings. The van der Waals surface area contributed by atoms with Crippen LogP contribution in [-0.2, 0) is 4.79 Å². The van der Waals surface area contributed by atoms with Crippen molar-refractivity contribution in [2.24, 2.45) is 11.1 Å². The molecule has 1 unspecified atom stereocenters. The number of aliphatic hydroxyl groups is 1. The van der Waals surface area contributed by atoms with E-state index in [-0.39, 0.29) is 12.5 Å². The predicted molar refractivity (Wildman–Crippen MR) is 76.0 cm³/mol. The summed E-state index contributed by atoms with van der Waals surface area (Å²) < 4.78 is 0. The maximum Gasteiger partial charge on any atom is 0.255 e. The van der Waals surface area contributed by atoms with Gasteiger partial charge in [-0.3, -0.25) is 14.6 Å². The highest BCUT2D eigenvalue weighted by atomic mass is 16.2. The highest BCUT2D eigenvalue weighted by molar-refractivity contribution is 5.97. The molecule has 6 nitrogen and oxygen atoms in total. The first kappa shape index (κ1) is 15.0. The highest BCUT2D eigenvalue weighted by Crippen LogP contribution is 2.30. The van der Waals surface area contributed by atoms with E-state index in [4.69, 9.17) is 10.8 Å². The van der Waals surface area contributed by atoms with E-state index >= 15 is 0 Å². The zero-order chi connectivity index (χ0) is 15.5. The summed E-state index contributed by atoms with van der Waals surface area (Å²) in [7, 11) is 0. The first-order valence-corrected chi connectivity index (χ1v) is 6.61. The first-order valence-electron chi connectivity index (χ1n) is 6.61. The van der Waals surface area contributed by atoms with Gasteiger partial charge in [-0.25, -0.2) is 0 Å². The van der Waals surface area contributed by atoms with E-state index in [1.807, 2.05) is 0 Å². The number of nitrogens with two attached hydrogens (primary N) is 1. The molecule has 0 saturated carbocycles. The number of likely N-dealkylation sites (tertiary alicyclic amines) is 1. The molecular formula is C15H17N3O3. The van der Waals surface area contributed by atoms with Crippen LogP contribution < -0.4 is 5.73 Å². The van der Waals surface area contributed by atoms with Crippen LogP contribution in [0.2, 0.25) is 0 Å². The Bertz CT molecular complexity index is 633. The molecule has 0 spiro atoms. The van der Waals surface area contributed by atoms with Gasteiger partial charge in [-0.1, -0.05) is 11.8 Å². The van der Waals surface area contributed by atoms with Crippen LogP contribution in [0, 0.1) is 17.3 Å². The number of hydrogen-bond donors (Lipinski definition) is 2. The summed E-state index contributed by atoms with van der Waals surface area (Å²) in [6, 6.07) is 1.59. The van der Waals surface area contributed by atoms with Crippen LogP contribution in [0.1, 0.15) is 29.3 Å². The normalized spacial score (nSPS) is 20.8. The second-order valence-electron chi connectivity index (χ2n) is 5.28. The molecule has 3 N–H and O–H groups in total. The molecular weight excluding hydrogens is 270 g/mol. The minimum Gasteiger partial charge on any atom is -0.384 e. The summed E-state index contributed by atoms with van der Waals surface area (Å²) in [5.41, 5.74) is 5.59. The molecule has 6 heteroatoms. The maximum atomic E-state index is 12.6. The van der Waals surface area contributed by atoms with Gasteiger partial charge in [0.2, 0.25) is 5.91 Å². The molecule has 0 bridgehead atoms. The van der Waals surface area contributed by atoms with Gasteiger partial charge in [0.1, 0.15) is 6.61 Å². The third kappa shape index (κ3) is 3.03. The van der Waals surface area contributed by atoms with Crippen LogP contribution in [0.25, 0.3) is 0 Å². The van der Waals surface area contributed by atoms with Gasteiger partial charge in [0.25, 0.3) is 5.91 Å². The summed E-state index contributed by atoms with van der Waals surface area (Å²) >= 11 is 0. The molecule has 110 valence electrons. The van der Waals surface area contributed by atoms with E-state index in [1.165, 1.54) is 12.4 Å². The summed E-state index contributed by atoms with van der Waals surface area (Å²) in [6.45, 7) is 2.26. The van der Waals surface area contributed by atoms with E-state index in [0.717, 1.165) is 0 Å². The van der Waals surface area contributed by atoms with Gasteiger partial charge in [-0.05, 0) is 19.4 Å². The van der Waals surface area contributed by atoms with Gasteiger partial charge in [0.05, 0.1) is 16.5 Å². The zero-order valence-corrected chi connectivity index (χ0v) is 11.8. The summed E-state index contributed by atoms with van der Waals surface area (Å²) in [6.07, 6.45) is 3.55. The summed E-state index contributed by atoms with van der Waals surface area (Å²) in [5.74, 6) is 4.62. The molecule has 2 heterocycles. The fourth-order valence-corrected chi connectivity index (χ4v) is 2.32. The lowest BCUT2D eigenvalue weighted by Crippen LogP contribution is -2.38. The van der Waals surface area contributed by atoms with Crippen LogP contribution in [0.15, 0.2) is 18.5 Å². The number of aromatic nitrogens is 1. The second-order valence-corrected chi connectivity index (χ2v) is 5.28. The molecule has 1 aliphatic rings. The smallest absolute Gasteiger partial charge is 0.255 e. The van der Waals surface area contributed by atoms with Crippen LogP contribution in [0.4, 0.5) is 0 Å². The molecule has 0 aromatic carbocycles. The lowest BCUT2D eigenvalue weighted by Gasteiger charge is -2.21. The molecule has 1 atom stereocenters. The third-order valence-corrected chi connectivity index (χ3v) is 3.71. The molecule has 0 aliphatic carbocycles. The van der Waals surface area contributed by atoms with Crippen LogP contribution in [-0.4, -0.2) is 46.5 Å². The zero-order valence-electron chi connectivity index (χ0n) is 11.8. The molecule has 2 amide bonds. The van der Waals surface area contributed by atoms with E-state index in [2.05, 4.69) is 16.8 Å². The van der Waals surface area contributed by atoms with Crippen molar-refractivity contribution in [1.29, 1.82) is 0 Å². The van der Waals surface area contributed by atoms with Crippen molar-refractivity contribution in [3.63, 3.8) is 0 Å². The number of primary amides is 1. The van der Waals surface area contributed by atoms with E-state index in [1.54, 1.807) is 17.9 Å².